The monoisotopic (exact) mass is 275 g/mol. The van der Waals surface area contributed by atoms with Crippen molar-refractivity contribution in [3.05, 3.63) is 30.1 Å². The van der Waals surface area contributed by atoms with Gasteiger partial charge in [0.2, 0.25) is 10.0 Å². The third-order valence-corrected chi connectivity index (χ3v) is 4.28. The van der Waals surface area contributed by atoms with Crippen LogP contribution in [0.5, 0.6) is 0 Å². The van der Waals surface area contributed by atoms with E-state index in [0.717, 1.165) is 16.4 Å². The molecule has 0 aliphatic rings. The molecule has 7 heteroatoms. The average Bonchev–Trinajstić information content (AvgIpc) is 2.28. The lowest BCUT2D eigenvalue weighted by molar-refractivity contribution is -0.141. The SMILES string of the molecule is CC(CN(C)S(=O)(=O)c1cccc(F)c1)C(=O)O. The lowest BCUT2D eigenvalue weighted by Crippen LogP contribution is -2.33. The number of carboxylic acids is 1. The number of nitrogens with zero attached hydrogens (tertiary/aromatic N) is 1. The van der Waals surface area contributed by atoms with E-state index in [2.05, 4.69) is 0 Å². The summed E-state index contributed by atoms with van der Waals surface area (Å²) in [5.41, 5.74) is 0. The highest BCUT2D eigenvalue weighted by Gasteiger charge is 2.24. The van der Waals surface area contributed by atoms with E-state index in [1.807, 2.05) is 0 Å². The minimum atomic E-state index is -3.86. The summed E-state index contributed by atoms with van der Waals surface area (Å²) in [5, 5.41) is 8.73. The number of hydrogen-bond acceptors (Lipinski definition) is 3. The molecule has 1 aromatic rings. The molecule has 1 rings (SSSR count). The number of carbonyl (C=O) groups is 1. The Morgan fingerprint density at radius 3 is 2.61 bits per heavy atom. The Labute approximate surface area is 105 Å². The highest BCUT2D eigenvalue weighted by Crippen LogP contribution is 2.16. The summed E-state index contributed by atoms with van der Waals surface area (Å²) in [6, 6.07) is 4.59. The number of benzene rings is 1. The smallest absolute Gasteiger partial charge is 0.307 e. The zero-order valence-corrected chi connectivity index (χ0v) is 10.8. The van der Waals surface area contributed by atoms with Crippen molar-refractivity contribution in [2.45, 2.75) is 11.8 Å². The van der Waals surface area contributed by atoms with E-state index in [0.29, 0.717) is 0 Å². The van der Waals surface area contributed by atoms with Gasteiger partial charge in [0, 0.05) is 13.6 Å². The Bertz CT molecular complexity index is 544. The maximum Gasteiger partial charge on any atom is 0.307 e. The summed E-state index contributed by atoms with van der Waals surface area (Å²) in [6.07, 6.45) is 0. The predicted octanol–water partition coefficient (Wildman–Crippen LogP) is 1.17. The second-order valence-corrected chi connectivity index (χ2v) is 6.03. The fourth-order valence-electron chi connectivity index (χ4n) is 1.37. The molecule has 0 saturated carbocycles. The first kappa shape index (κ1) is 14.6. The molecule has 100 valence electrons. The van der Waals surface area contributed by atoms with Gasteiger partial charge in [-0.25, -0.2) is 17.1 Å². The average molecular weight is 275 g/mol. The second kappa shape index (κ2) is 5.45. The van der Waals surface area contributed by atoms with Gasteiger partial charge in [-0.05, 0) is 18.2 Å². The van der Waals surface area contributed by atoms with Crippen LogP contribution in [-0.4, -0.2) is 37.4 Å². The van der Waals surface area contributed by atoms with Crippen molar-refractivity contribution in [2.75, 3.05) is 13.6 Å². The molecule has 0 saturated heterocycles. The number of sulfonamides is 1. The highest BCUT2D eigenvalue weighted by molar-refractivity contribution is 7.89. The van der Waals surface area contributed by atoms with Crippen molar-refractivity contribution in [3.8, 4) is 0 Å². The zero-order valence-electron chi connectivity index (χ0n) is 10.00. The largest absolute Gasteiger partial charge is 0.481 e. The van der Waals surface area contributed by atoms with Gasteiger partial charge in [-0.15, -0.1) is 0 Å². The van der Waals surface area contributed by atoms with Crippen molar-refractivity contribution in [1.29, 1.82) is 0 Å². The van der Waals surface area contributed by atoms with E-state index in [4.69, 9.17) is 5.11 Å². The third kappa shape index (κ3) is 3.27. The first-order valence-corrected chi connectivity index (χ1v) is 6.64. The van der Waals surface area contributed by atoms with Gasteiger partial charge in [-0.3, -0.25) is 4.79 Å². The van der Waals surface area contributed by atoms with Crippen molar-refractivity contribution < 1.29 is 22.7 Å². The van der Waals surface area contributed by atoms with E-state index in [1.54, 1.807) is 0 Å². The van der Waals surface area contributed by atoms with E-state index in [9.17, 15) is 17.6 Å². The fraction of sp³-hybridized carbons (Fsp3) is 0.364. The molecule has 1 unspecified atom stereocenters. The van der Waals surface area contributed by atoms with Crippen LogP contribution >= 0.6 is 0 Å². The molecular formula is C11H14FNO4S. The molecule has 0 aromatic heterocycles. The highest BCUT2D eigenvalue weighted by atomic mass is 32.2. The van der Waals surface area contributed by atoms with E-state index in [-0.39, 0.29) is 11.4 Å². The molecule has 18 heavy (non-hydrogen) atoms. The Hall–Kier alpha value is -1.47. The number of rotatable bonds is 5. The van der Waals surface area contributed by atoms with Crippen LogP contribution < -0.4 is 0 Å². The summed E-state index contributed by atoms with van der Waals surface area (Å²) in [7, 11) is -2.60. The number of hydrogen-bond donors (Lipinski definition) is 1. The molecule has 0 bridgehead atoms. The molecule has 0 aliphatic heterocycles. The van der Waals surface area contributed by atoms with Crippen LogP contribution in [0.4, 0.5) is 4.39 Å². The van der Waals surface area contributed by atoms with E-state index < -0.39 is 27.7 Å². The second-order valence-electron chi connectivity index (χ2n) is 3.98. The molecule has 0 amide bonds. The first-order chi connectivity index (χ1) is 8.25. The molecule has 0 fully saturated rings. The molecule has 0 heterocycles. The molecule has 5 nitrogen and oxygen atoms in total. The van der Waals surface area contributed by atoms with Crippen molar-refractivity contribution >= 4 is 16.0 Å². The van der Waals surface area contributed by atoms with Gasteiger partial charge >= 0.3 is 5.97 Å². The number of aliphatic carboxylic acids is 1. The Morgan fingerprint density at radius 2 is 2.11 bits per heavy atom. The lowest BCUT2D eigenvalue weighted by atomic mass is 10.2. The minimum absolute atomic E-state index is 0.172. The maximum atomic E-state index is 13.0. The van der Waals surface area contributed by atoms with Crippen LogP contribution in [-0.2, 0) is 14.8 Å². The van der Waals surface area contributed by atoms with Crippen LogP contribution in [0.25, 0.3) is 0 Å². The van der Waals surface area contributed by atoms with E-state index in [1.165, 1.54) is 26.1 Å². The fourth-order valence-corrected chi connectivity index (χ4v) is 2.66. The quantitative estimate of drug-likeness (QED) is 0.875. The Balaban J connectivity index is 2.97. The van der Waals surface area contributed by atoms with Gasteiger partial charge in [0.05, 0.1) is 10.8 Å². The van der Waals surface area contributed by atoms with E-state index >= 15 is 0 Å². The van der Waals surface area contributed by atoms with Crippen molar-refractivity contribution in [3.63, 3.8) is 0 Å². The summed E-state index contributed by atoms with van der Waals surface area (Å²) in [5.74, 6) is -2.58. The van der Waals surface area contributed by atoms with Gasteiger partial charge in [-0.1, -0.05) is 13.0 Å². The summed E-state index contributed by atoms with van der Waals surface area (Å²) >= 11 is 0. The molecule has 1 N–H and O–H groups in total. The standard InChI is InChI=1S/C11H14FNO4S/c1-8(11(14)15)7-13(2)18(16,17)10-5-3-4-9(12)6-10/h3-6,8H,7H2,1-2H3,(H,14,15). The normalized spacial score (nSPS) is 13.6. The Morgan fingerprint density at radius 1 is 1.50 bits per heavy atom. The molecule has 1 aromatic carbocycles. The van der Waals surface area contributed by atoms with Crippen LogP contribution in [0.1, 0.15) is 6.92 Å². The maximum absolute atomic E-state index is 13.0. The molecule has 0 radical (unpaired) electrons. The van der Waals surface area contributed by atoms with Crippen molar-refractivity contribution in [1.82, 2.24) is 4.31 Å². The summed E-state index contributed by atoms with van der Waals surface area (Å²) in [4.78, 5) is 10.5. The van der Waals surface area contributed by atoms with Gasteiger partial charge in [0.1, 0.15) is 5.82 Å². The predicted molar refractivity (Wildman–Crippen MR) is 63.0 cm³/mol. The van der Waals surface area contributed by atoms with Crippen LogP contribution in [0.2, 0.25) is 0 Å². The topological polar surface area (TPSA) is 74.7 Å². The first-order valence-electron chi connectivity index (χ1n) is 5.20. The summed E-state index contributed by atoms with van der Waals surface area (Å²) < 4.78 is 37.9. The molecule has 1 atom stereocenters. The van der Waals surface area contributed by atoms with Gasteiger partial charge in [0.25, 0.3) is 0 Å². The summed E-state index contributed by atoms with van der Waals surface area (Å²) in [6.45, 7) is 1.23. The molecular weight excluding hydrogens is 261 g/mol. The molecule has 0 aliphatic carbocycles. The molecule has 0 spiro atoms. The van der Waals surface area contributed by atoms with Gasteiger partial charge < -0.3 is 5.11 Å². The van der Waals surface area contributed by atoms with Gasteiger partial charge in [-0.2, -0.15) is 0 Å². The number of halogens is 1. The number of carboxylic acid groups (broad SMARTS) is 1. The minimum Gasteiger partial charge on any atom is -0.481 e. The third-order valence-electron chi connectivity index (χ3n) is 2.46. The van der Waals surface area contributed by atoms with Crippen LogP contribution in [0, 0.1) is 11.7 Å². The van der Waals surface area contributed by atoms with Gasteiger partial charge in [0.15, 0.2) is 0 Å². The van der Waals surface area contributed by atoms with Crippen LogP contribution in [0.3, 0.4) is 0 Å². The lowest BCUT2D eigenvalue weighted by Gasteiger charge is -2.19. The van der Waals surface area contributed by atoms with Crippen LogP contribution in [0.15, 0.2) is 29.2 Å². The Kier molecular flexibility index (Phi) is 4.42. The zero-order chi connectivity index (χ0) is 13.9. The van der Waals surface area contributed by atoms with Crippen molar-refractivity contribution in [2.24, 2.45) is 5.92 Å².